The number of rotatable bonds is 42. The number of ether oxygens (including phenoxy) is 8. The Labute approximate surface area is 502 Å². The van der Waals surface area contributed by atoms with Crippen LogP contribution in [0.25, 0.3) is 0 Å². The number of nitrogens with zero attached hydrogens (tertiary/aromatic N) is 5. The number of guanidine groups is 1. The Morgan fingerprint density at radius 2 is 1.07 bits per heavy atom. The van der Waals surface area contributed by atoms with Gasteiger partial charge >= 0.3 is 12.1 Å². The zero-order valence-corrected chi connectivity index (χ0v) is 49.9. The molecule has 0 bridgehead atoms. The van der Waals surface area contributed by atoms with Gasteiger partial charge in [-0.3, -0.25) is 24.7 Å². The van der Waals surface area contributed by atoms with Crippen molar-refractivity contribution in [2.45, 2.75) is 103 Å². The molecule has 0 radical (unpaired) electrons. The van der Waals surface area contributed by atoms with Crippen molar-refractivity contribution in [2.75, 3.05) is 122 Å². The molecule has 2 aromatic carbocycles. The summed E-state index contributed by atoms with van der Waals surface area (Å²) in [5.74, 6) is -0.884. The van der Waals surface area contributed by atoms with Gasteiger partial charge < -0.3 is 77.3 Å². The number of methoxy groups -OCH3 is 1. The third-order valence-corrected chi connectivity index (χ3v) is 12.6. The molecule has 4 rings (SSSR count). The number of aliphatic imine (C=N–C) groups is 1. The van der Waals surface area contributed by atoms with E-state index in [2.05, 4.69) is 66.8 Å². The molecule has 0 saturated carbocycles. The Hall–Kier alpha value is -7.00. The predicted octanol–water partition coefficient (Wildman–Crippen LogP) is 7.06. The van der Waals surface area contributed by atoms with Gasteiger partial charge in [-0.25, -0.2) is 24.7 Å². The van der Waals surface area contributed by atoms with Gasteiger partial charge in [-0.2, -0.15) is 0 Å². The fraction of sp³-hybridized carbons (Fsp3) is 0.544. The van der Waals surface area contributed by atoms with Gasteiger partial charge in [-0.15, -0.1) is 0 Å². The number of aromatic nitrogens is 4. The number of esters is 1. The van der Waals surface area contributed by atoms with Crippen LogP contribution in [0.2, 0.25) is 10.3 Å². The summed E-state index contributed by atoms with van der Waals surface area (Å²) in [5, 5.41) is 12.9. The molecule has 2 heterocycles. The highest BCUT2D eigenvalue weighted by molar-refractivity contribution is 6.32. The number of amides is 2. The van der Waals surface area contributed by atoms with Crippen LogP contribution >= 0.6 is 23.2 Å². The van der Waals surface area contributed by atoms with Crippen molar-refractivity contribution in [1.82, 2.24) is 30.6 Å². The molecule has 4 aromatic rings. The number of Topliss-reactive ketones (excluding diaryl/α,β-unsaturated/α-hetero) is 1. The highest BCUT2D eigenvalue weighted by atomic mass is 35.5. The topological polar surface area (TPSA) is 384 Å². The second kappa shape index (κ2) is 43.6. The lowest BCUT2D eigenvalue weighted by Gasteiger charge is -2.09. The largest absolute Gasteiger partial charge is 0.491 e. The molecule has 0 spiro atoms. The Morgan fingerprint density at radius 3 is 1.70 bits per heavy atom. The van der Waals surface area contributed by atoms with Gasteiger partial charge in [0.2, 0.25) is 0 Å². The van der Waals surface area contributed by atoms with Gasteiger partial charge in [0.15, 0.2) is 56.7 Å². The molecule has 2 aromatic heterocycles. The van der Waals surface area contributed by atoms with Crippen LogP contribution < -0.4 is 44.0 Å². The third-order valence-electron chi connectivity index (χ3n) is 12.0. The van der Waals surface area contributed by atoms with Crippen molar-refractivity contribution in [3.05, 3.63) is 86.9 Å². The summed E-state index contributed by atoms with van der Waals surface area (Å²) >= 11 is 11.6. The van der Waals surface area contributed by atoms with Crippen LogP contribution in [0.3, 0.4) is 0 Å². The van der Waals surface area contributed by atoms with Crippen LogP contribution in [-0.4, -0.2) is 155 Å². The van der Waals surface area contributed by atoms with Crippen LogP contribution in [0.5, 0.6) is 5.75 Å². The quantitative estimate of drug-likeness (QED) is 0.00723. The number of benzene rings is 2. The number of aryl methyl sites for hydroxylation is 3. The average Bonchev–Trinajstić information content (AvgIpc) is 3.67. The van der Waals surface area contributed by atoms with E-state index in [0.29, 0.717) is 91.1 Å². The Morgan fingerprint density at radius 1 is 0.571 bits per heavy atom. The number of halogens is 2. The van der Waals surface area contributed by atoms with Crippen LogP contribution in [0.4, 0.5) is 28.1 Å². The van der Waals surface area contributed by atoms with E-state index in [9.17, 15) is 19.2 Å². The fourth-order valence-electron chi connectivity index (χ4n) is 7.48. The standard InChI is InChI=1S/C38H61ClN8O11.C19H24ClN5O/c1-51-17-18-52-19-20-54-24-27-57-31(48)10-5-3-2-4-7-16-44-38(50)58-28-25-55-22-21-53-23-26-56-30-13-11-29(12-14-30)9-6-8-15-43-37(42)47-36(49)32-34(40)46-35(41)33(39)45-32;1-12-7-9-13(10-8-12)5-3-2-4-6-14(21)11-15(26)16-18(22)25-19(23)17(20)24-16/h11-14H,2-10,15-28H2,1H3,(H,44,50)(H4,40,41,46)(H3,42,43,47,49);7-10,21H,2-6,11H2,1H3,(H4,22,23,25). The second-order valence-electron chi connectivity index (χ2n) is 18.9. The third kappa shape index (κ3) is 32.7. The summed E-state index contributed by atoms with van der Waals surface area (Å²) in [6.45, 7) is 7.58. The van der Waals surface area contributed by atoms with E-state index in [1.807, 2.05) is 24.3 Å². The molecular formula is C57H85Cl2N13O12. The predicted molar refractivity (Wildman–Crippen MR) is 324 cm³/mol. The summed E-state index contributed by atoms with van der Waals surface area (Å²) in [7, 11) is 1.62. The van der Waals surface area contributed by atoms with Gasteiger partial charge in [-0.1, -0.05) is 90.8 Å². The van der Waals surface area contributed by atoms with E-state index in [4.69, 9.17) is 95.2 Å². The number of carbonyl (C=O) groups is 4. The van der Waals surface area contributed by atoms with Gasteiger partial charge in [0, 0.05) is 32.3 Å². The van der Waals surface area contributed by atoms with Crippen molar-refractivity contribution >= 4 is 81.9 Å². The van der Waals surface area contributed by atoms with Crippen LogP contribution in [0.1, 0.15) is 121 Å². The van der Waals surface area contributed by atoms with Gasteiger partial charge in [0.25, 0.3) is 5.91 Å². The number of hydrogen-bond acceptors (Lipinski definition) is 22. The number of alkyl carbamates (subject to hydrolysis) is 1. The summed E-state index contributed by atoms with van der Waals surface area (Å²) in [4.78, 5) is 67.6. The highest BCUT2D eigenvalue weighted by Crippen LogP contribution is 2.20. The minimum Gasteiger partial charge on any atom is -0.491 e. The number of anilines is 4. The average molecular weight is 1220 g/mol. The minimum absolute atomic E-state index is 0.00984. The molecule has 27 heteroatoms. The van der Waals surface area contributed by atoms with E-state index in [1.165, 1.54) is 11.1 Å². The number of nitrogen functional groups attached to an aromatic ring is 4. The van der Waals surface area contributed by atoms with Crippen LogP contribution in [-0.2, 0) is 50.8 Å². The Bertz CT molecular complexity index is 2610. The SMILES string of the molecule is COCCOCCOCCOC(=O)CCCCCCCNC(=O)OCCOCCOCCOc1ccc(CCCCN=C(N)NC(=O)c2nc(Cl)c(N)nc2N)cc1.Cc1ccc(CCCCCC(=N)CC(=O)c2nc(Cl)c(N)nc2N)cc1. The van der Waals surface area contributed by atoms with E-state index in [0.717, 1.165) is 88.4 Å². The first-order valence-corrected chi connectivity index (χ1v) is 28.8. The first kappa shape index (κ1) is 71.3. The molecule has 0 atom stereocenters. The number of nitrogens with two attached hydrogens (primary N) is 5. The van der Waals surface area contributed by atoms with Gasteiger partial charge in [0.05, 0.1) is 65.9 Å². The van der Waals surface area contributed by atoms with Crippen molar-refractivity contribution in [3.8, 4) is 5.75 Å². The fourth-order valence-corrected chi connectivity index (χ4v) is 7.73. The molecule has 0 saturated heterocycles. The zero-order valence-electron chi connectivity index (χ0n) is 48.4. The highest BCUT2D eigenvalue weighted by Gasteiger charge is 2.19. The molecule has 25 nitrogen and oxygen atoms in total. The Kier molecular flexibility index (Phi) is 37.0. The normalized spacial score (nSPS) is 11.1. The molecule has 0 unspecified atom stereocenters. The number of unbranched alkanes of at least 4 members (excludes halogenated alkanes) is 7. The maximum absolute atomic E-state index is 12.3. The number of ketones is 1. The van der Waals surface area contributed by atoms with Crippen molar-refractivity contribution in [2.24, 2.45) is 10.7 Å². The van der Waals surface area contributed by atoms with E-state index in [-0.39, 0.29) is 88.9 Å². The lowest BCUT2D eigenvalue weighted by atomic mass is 10.0. The lowest BCUT2D eigenvalue weighted by Crippen LogP contribution is -2.38. The summed E-state index contributed by atoms with van der Waals surface area (Å²) < 4.78 is 42.5. The molecule has 0 aliphatic carbocycles. The Balaban J connectivity index is 0.000000588. The van der Waals surface area contributed by atoms with Crippen LogP contribution in [0.15, 0.2) is 53.5 Å². The maximum Gasteiger partial charge on any atom is 0.407 e. The first-order valence-electron chi connectivity index (χ1n) is 28.1. The van der Waals surface area contributed by atoms with Crippen molar-refractivity contribution < 1.29 is 57.1 Å². The van der Waals surface area contributed by atoms with Crippen molar-refractivity contribution in [3.63, 3.8) is 0 Å². The summed E-state index contributed by atoms with van der Waals surface area (Å²) in [6, 6.07) is 16.4. The van der Waals surface area contributed by atoms with Crippen LogP contribution in [0, 0.1) is 12.3 Å². The molecular weight excluding hydrogens is 1130 g/mol. The van der Waals surface area contributed by atoms with Gasteiger partial charge in [-0.05, 0) is 88.0 Å². The zero-order chi connectivity index (χ0) is 61.2. The molecule has 2 amide bonds. The van der Waals surface area contributed by atoms with Crippen molar-refractivity contribution in [1.29, 1.82) is 5.41 Å². The minimum atomic E-state index is -0.681. The molecule has 84 heavy (non-hydrogen) atoms. The first-order chi connectivity index (χ1) is 40.6. The molecule has 0 aliphatic rings. The number of hydrogen-bond donors (Lipinski definition) is 8. The summed E-state index contributed by atoms with van der Waals surface area (Å²) in [5.41, 5.74) is 32.1. The molecule has 0 aliphatic heterocycles. The van der Waals surface area contributed by atoms with Gasteiger partial charge in [0.1, 0.15) is 25.6 Å². The molecule has 13 N–H and O–H groups in total. The smallest absolute Gasteiger partial charge is 0.407 e. The monoisotopic (exact) mass is 1210 g/mol. The van der Waals surface area contributed by atoms with E-state index in [1.54, 1.807) is 7.11 Å². The molecule has 464 valence electrons. The van der Waals surface area contributed by atoms with E-state index < -0.39 is 12.0 Å². The number of nitrogens with one attached hydrogen (secondary N) is 3. The summed E-state index contributed by atoms with van der Waals surface area (Å²) in [6.07, 6.45) is 11.3. The number of carbonyl (C=O) groups excluding carboxylic acids is 4. The maximum atomic E-state index is 12.3. The lowest BCUT2D eigenvalue weighted by molar-refractivity contribution is -0.145. The second-order valence-corrected chi connectivity index (χ2v) is 19.6. The molecule has 0 fully saturated rings. The van der Waals surface area contributed by atoms with E-state index >= 15 is 0 Å².